The number of amides is 14. The number of carboxylic acid groups (broad SMARTS) is 1. The Bertz CT molecular complexity index is 5400. The number of likely N-dealkylation sites (tertiary alicyclic amines) is 2. The molecule has 0 unspecified atom stereocenters. The van der Waals surface area contributed by atoms with Crippen molar-refractivity contribution >= 4 is 111 Å². The van der Waals surface area contributed by atoms with Crippen LogP contribution in [0.3, 0.4) is 0 Å². The SMILES string of the molecule is COCC[C@@H](C(=O)N1C[C@@H](O)C[C@@H]1C(=O)N[C@@H](CC(=O)O)C(=O)N[C@H](C(=O)N(C)[C@@H](C)Cc1ccccc1)C(C)C)N(C)C(=O)[C@H](Cc1ccccc1)N(C)C(=O)[C@H](Cc1ccc(F)c(F)c1)NC(=O)CSC[C@H](NC(=O)[C@H](CCCN)NC(=O)[C@H](Cc1ccc(O)cc1)NC(=O)[C@H](Cc1c[nH]c2ccccc12)NC(=O)[C@H]1C[C@H](O)CN1C(=O)[C@H](Cc1ccc(O)cc1)N=O)C(=O)NCC(N)=O. The van der Waals surface area contributed by atoms with Crippen molar-refractivity contribution < 1.29 is 111 Å². The van der Waals surface area contributed by atoms with Crippen molar-refractivity contribution in [1.29, 1.82) is 0 Å². The Kier molecular flexibility index (Phi) is 39.9. The van der Waals surface area contributed by atoms with Gasteiger partial charge in [-0.3, -0.25) is 71.9 Å². The number of phenolic OH excluding ortho intramolecular Hbond substituents is 2. The van der Waals surface area contributed by atoms with E-state index in [0.29, 0.717) is 51.3 Å². The first-order chi connectivity index (χ1) is 65.3. The number of rotatable bonds is 50. The molecule has 0 radical (unpaired) electrons. The van der Waals surface area contributed by atoms with Gasteiger partial charge >= 0.3 is 5.97 Å². The van der Waals surface area contributed by atoms with Gasteiger partial charge in [0.1, 0.15) is 78.0 Å². The molecule has 0 bridgehead atoms. The van der Waals surface area contributed by atoms with Crippen molar-refractivity contribution in [1.82, 2.24) is 72.0 Å². The Balaban J connectivity index is 0.931. The number of hydrogen-bond acceptors (Lipinski definition) is 24. The lowest BCUT2D eigenvalue weighted by Crippen LogP contribution is -2.61. The minimum absolute atomic E-state index is 0.0282. The summed E-state index contributed by atoms with van der Waals surface area (Å²) in [5.74, 6) is -19.7. The molecule has 2 saturated heterocycles. The molecule has 6 aromatic carbocycles. The molecule has 14 amide bonds. The van der Waals surface area contributed by atoms with E-state index in [-0.39, 0.29) is 87.6 Å². The number of nitrogens with one attached hydrogen (secondary N) is 9. The molecular weight excluding hydrogens is 1800 g/mol. The maximum atomic E-state index is 15.6. The van der Waals surface area contributed by atoms with Gasteiger partial charge in [-0.05, 0) is 114 Å². The fraction of sp³-hybridized carbons (Fsp3) is 0.442. The highest BCUT2D eigenvalue weighted by molar-refractivity contribution is 8.00. The number of likely N-dealkylation sites (N-methyl/N-ethyl adjacent to an activating group) is 3. The number of ether oxygens (including phenoxy) is 1. The Hall–Kier alpha value is -13.8. The number of fused-ring (bicyclic) bond motifs is 1. The monoisotopic (exact) mass is 1920 g/mol. The molecule has 137 heavy (non-hydrogen) atoms. The number of aliphatic carboxylic acids is 1. The first-order valence-electron chi connectivity index (χ1n) is 44.6. The second-order valence-corrected chi connectivity index (χ2v) is 35.5. The number of benzene rings is 6. The normalized spacial score (nSPS) is 17.0. The summed E-state index contributed by atoms with van der Waals surface area (Å²) in [6, 6.07) is 18.7. The van der Waals surface area contributed by atoms with Crippen LogP contribution in [0.2, 0.25) is 0 Å². The van der Waals surface area contributed by atoms with Crippen LogP contribution in [0.15, 0.2) is 163 Å². The Morgan fingerprint density at radius 1 is 0.540 bits per heavy atom. The highest BCUT2D eigenvalue weighted by Crippen LogP contribution is 2.29. The zero-order valence-corrected chi connectivity index (χ0v) is 77.7. The van der Waals surface area contributed by atoms with Gasteiger partial charge < -0.3 is 114 Å². The van der Waals surface area contributed by atoms with Gasteiger partial charge in [0.2, 0.25) is 76.8 Å². The molecule has 736 valence electrons. The van der Waals surface area contributed by atoms with Gasteiger partial charge in [-0.25, -0.2) is 8.78 Å². The number of nitrogens with two attached hydrogens (primary N) is 2. The fourth-order valence-corrected chi connectivity index (χ4v) is 17.1. The number of carboxylic acids is 1. The van der Waals surface area contributed by atoms with E-state index in [4.69, 9.17) is 16.2 Å². The summed E-state index contributed by atoms with van der Waals surface area (Å²) in [6.45, 7) is 3.16. The molecule has 2 aliphatic heterocycles. The fourth-order valence-electron chi connectivity index (χ4n) is 16.3. The number of aliphatic hydroxyl groups is 2. The summed E-state index contributed by atoms with van der Waals surface area (Å²) >= 11 is 0.678. The number of aromatic amines is 1. The van der Waals surface area contributed by atoms with E-state index in [1.165, 1.54) is 74.6 Å². The first-order valence-corrected chi connectivity index (χ1v) is 45.8. The van der Waals surface area contributed by atoms with E-state index < -0.39 is 241 Å². The summed E-state index contributed by atoms with van der Waals surface area (Å²) in [5.41, 5.74) is 14.7. The molecule has 0 aliphatic carbocycles. The van der Waals surface area contributed by atoms with Gasteiger partial charge in [-0.15, -0.1) is 16.7 Å². The molecule has 7 aromatic rings. The van der Waals surface area contributed by atoms with E-state index in [9.17, 15) is 82.8 Å². The minimum Gasteiger partial charge on any atom is -0.508 e. The van der Waals surface area contributed by atoms with Crippen LogP contribution in [0.5, 0.6) is 11.5 Å². The Morgan fingerprint density at radius 2 is 1.05 bits per heavy atom. The number of aliphatic hydroxyl groups excluding tert-OH is 2. The third-order valence-corrected chi connectivity index (χ3v) is 25.0. The number of para-hydroxylation sites is 1. The number of methoxy groups -OCH3 is 1. The summed E-state index contributed by atoms with van der Waals surface area (Å²) in [6.07, 6.45) is -4.65. The minimum atomic E-state index is -1.84. The van der Waals surface area contributed by atoms with Crippen molar-refractivity contribution in [2.45, 2.75) is 189 Å². The van der Waals surface area contributed by atoms with Crippen molar-refractivity contribution in [3.63, 3.8) is 0 Å². The lowest BCUT2D eigenvalue weighted by atomic mass is 9.99. The summed E-state index contributed by atoms with van der Waals surface area (Å²) in [7, 11) is 5.30. The summed E-state index contributed by atoms with van der Waals surface area (Å²) < 4.78 is 35.3. The maximum absolute atomic E-state index is 15.6. The zero-order valence-electron chi connectivity index (χ0n) is 76.9. The largest absolute Gasteiger partial charge is 0.508 e. The topological polar surface area (TPSA) is 576 Å². The first kappa shape index (κ1) is 107. The van der Waals surface area contributed by atoms with Crippen LogP contribution in [0.1, 0.15) is 92.7 Å². The Morgan fingerprint density at radius 3 is 1.62 bits per heavy atom. The number of hydrogen-bond donors (Lipinski definition) is 16. The van der Waals surface area contributed by atoms with Crippen LogP contribution in [-0.4, -0.2) is 307 Å². The molecule has 2 fully saturated rings. The van der Waals surface area contributed by atoms with Gasteiger partial charge in [0.15, 0.2) is 17.7 Å². The number of aromatic hydroxyl groups is 2. The number of nitrogens with zero attached hydrogens (tertiary/aromatic N) is 6. The number of nitroso groups, excluding NO2 is 1. The molecule has 1 aromatic heterocycles. The molecule has 0 spiro atoms. The van der Waals surface area contributed by atoms with E-state index in [0.717, 1.165) is 43.4 Å². The van der Waals surface area contributed by atoms with Crippen molar-refractivity contribution in [2.75, 3.05) is 72.5 Å². The molecule has 3 heterocycles. The second kappa shape index (κ2) is 51.2. The smallest absolute Gasteiger partial charge is 0.305 e. The quantitative estimate of drug-likeness (QED) is 0.0235. The molecule has 42 heteroatoms. The summed E-state index contributed by atoms with van der Waals surface area (Å²) in [4.78, 5) is 238. The lowest BCUT2D eigenvalue weighted by molar-refractivity contribution is -0.153. The second-order valence-electron chi connectivity index (χ2n) is 34.4. The number of carbonyl (C=O) groups is 15. The van der Waals surface area contributed by atoms with Crippen LogP contribution >= 0.6 is 11.8 Å². The molecular formula is C95H119F2N17O22S. The number of halogens is 2. The van der Waals surface area contributed by atoms with E-state index >= 15 is 28.4 Å². The number of phenols is 2. The van der Waals surface area contributed by atoms with Crippen LogP contribution in [-0.2, 0) is 115 Å². The number of carbonyl (C=O) groups excluding carboxylic acids is 14. The molecule has 0 saturated carbocycles. The standard InChI is InChI=1S/C95H119F2N17O22S/c1-53(2)83(95(134)110(4)54(3)37-55-17-10-8-11-18-55)108-88(127)72(46-82(121)122)106-90(129)78-45-64(118)50-114(78)94(133)76(34-36-136-7)111(5)93(132)79(42-56-19-12-9-13-20-56)112(6)91(130)73(41-59-28-33-66(96)67(97)38-59)102-81(120)52-137-51-75(84(123)101-48-80(99)119)107-85(124)69(23-16-35-98)103-86(125)70(39-57-24-29-61(115)30-25-57)104-87(126)71(43-60-47-100-68-22-15-14-21-65(60)68)105-89(128)77-44-63(117)49-113(77)92(131)74(109-135)40-58-26-31-62(116)32-27-58/h8-15,17-22,24-33,38,47,53-54,63-64,69-79,83,100,115-118H,16,23,34-37,39-46,48-52,98H2,1-7H3,(H2,99,119)(H,101,123)(H,102,120)(H,103,125)(H,104,126)(H,105,128)(H,106,129)(H,107,124)(H,108,127)(H,121,122)/t54-,63-,64-,69-,70-,71-,72-,73-,74-,75-,76-,77+,78+,79-,83-/m0/s1. The number of H-pyrrole nitrogens is 1. The highest BCUT2D eigenvalue weighted by atomic mass is 32.2. The zero-order chi connectivity index (χ0) is 100. The third-order valence-electron chi connectivity index (χ3n) is 23.9. The van der Waals surface area contributed by atoms with Crippen molar-refractivity contribution in [3.05, 3.63) is 208 Å². The number of thioether (sulfide) groups is 1. The molecule has 9 rings (SSSR count). The molecule has 18 N–H and O–H groups in total. The van der Waals surface area contributed by atoms with Gasteiger partial charge in [0.05, 0.1) is 30.9 Å². The van der Waals surface area contributed by atoms with E-state index in [1.807, 2.05) is 37.3 Å². The summed E-state index contributed by atoms with van der Waals surface area (Å²) in [5, 5.41) is 76.7. The Labute approximate surface area is 793 Å². The predicted molar refractivity (Wildman–Crippen MR) is 498 cm³/mol. The van der Waals surface area contributed by atoms with Crippen LogP contribution in [0.25, 0.3) is 10.9 Å². The highest BCUT2D eigenvalue weighted by Gasteiger charge is 2.48. The molecule has 15 atom stereocenters. The lowest BCUT2D eigenvalue weighted by Gasteiger charge is -2.37. The van der Waals surface area contributed by atoms with Gasteiger partial charge in [-0.2, -0.15) is 0 Å². The van der Waals surface area contributed by atoms with E-state index in [2.05, 4.69) is 52.7 Å². The van der Waals surface area contributed by atoms with Crippen molar-refractivity contribution in [3.8, 4) is 11.5 Å². The van der Waals surface area contributed by atoms with Gasteiger partial charge in [-0.1, -0.05) is 128 Å². The number of aromatic nitrogens is 1. The van der Waals surface area contributed by atoms with Gasteiger partial charge in [0, 0.05) is 128 Å². The van der Waals surface area contributed by atoms with E-state index in [1.54, 1.807) is 81.7 Å². The van der Waals surface area contributed by atoms with Gasteiger partial charge in [0.25, 0.3) is 5.91 Å². The number of primary amides is 1. The average molecular weight is 1920 g/mol. The third kappa shape index (κ3) is 30.6. The van der Waals surface area contributed by atoms with Crippen LogP contribution in [0.4, 0.5) is 8.78 Å². The van der Waals surface area contributed by atoms with Crippen molar-refractivity contribution in [2.24, 2.45) is 22.6 Å². The van der Waals surface area contributed by atoms with Crippen LogP contribution < -0.4 is 54.0 Å². The molecule has 2 aliphatic rings. The maximum Gasteiger partial charge on any atom is 0.305 e. The number of β-amino-alcohol motifs (C(OH)–C–C–N with tert-alkyl or cyclic N) is 2. The van der Waals surface area contributed by atoms with Crippen LogP contribution in [0, 0.1) is 22.5 Å². The molecule has 39 nitrogen and oxygen atoms in total. The predicted octanol–water partition coefficient (Wildman–Crippen LogP) is 0.807. The average Bonchev–Trinajstić information content (AvgIpc) is 1.75.